The van der Waals surface area contributed by atoms with Crippen molar-refractivity contribution in [2.24, 2.45) is 11.7 Å². The predicted octanol–water partition coefficient (Wildman–Crippen LogP) is 2.72. The Morgan fingerprint density at radius 2 is 2.09 bits per heavy atom. The lowest BCUT2D eigenvalue weighted by molar-refractivity contribution is 0.523. The molecule has 0 aromatic carbocycles. The van der Waals surface area contributed by atoms with E-state index < -0.39 is 0 Å². The summed E-state index contributed by atoms with van der Waals surface area (Å²) in [6.07, 6.45) is 8.35. The first-order valence-electron chi connectivity index (χ1n) is 4.67. The fourth-order valence-electron chi connectivity index (χ4n) is 1.22. The predicted molar refractivity (Wildman–Crippen MR) is 51.5 cm³/mol. The second kappa shape index (κ2) is 7.80. The monoisotopic (exact) mass is 155 g/mol. The largest absolute Gasteiger partial charge is 0.330 e. The average Bonchev–Trinajstić information content (AvgIpc) is 2.05. The second-order valence-electron chi connectivity index (χ2n) is 3.04. The Morgan fingerprint density at radius 1 is 1.36 bits per heavy atom. The second-order valence-corrected chi connectivity index (χ2v) is 3.04. The van der Waals surface area contributed by atoms with E-state index in [-0.39, 0.29) is 0 Å². The third-order valence-corrected chi connectivity index (χ3v) is 2.14. The number of unbranched alkanes of at least 4 members (excludes halogenated alkanes) is 2. The van der Waals surface area contributed by atoms with Crippen molar-refractivity contribution in [2.75, 3.05) is 6.54 Å². The summed E-state index contributed by atoms with van der Waals surface area (Å²) >= 11 is 0. The molecule has 0 rings (SSSR count). The smallest absolute Gasteiger partial charge is 0.00773 e. The number of nitrogens with two attached hydrogens (primary N) is 1. The van der Waals surface area contributed by atoms with E-state index >= 15 is 0 Å². The third kappa shape index (κ3) is 6.11. The molecule has 0 spiro atoms. The van der Waals surface area contributed by atoms with Crippen LogP contribution < -0.4 is 5.73 Å². The van der Waals surface area contributed by atoms with Crippen LogP contribution in [0.15, 0.2) is 12.7 Å². The van der Waals surface area contributed by atoms with E-state index in [4.69, 9.17) is 5.73 Å². The SMILES string of the molecule is C=CC(CC)CCCCCN. The van der Waals surface area contributed by atoms with Crippen LogP contribution in [0, 0.1) is 5.92 Å². The summed E-state index contributed by atoms with van der Waals surface area (Å²) in [5.74, 6) is 0.729. The van der Waals surface area contributed by atoms with Crippen molar-refractivity contribution in [1.29, 1.82) is 0 Å². The molecule has 1 atom stereocenters. The van der Waals surface area contributed by atoms with Gasteiger partial charge in [0.1, 0.15) is 0 Å². The lowest BCUT2D eigenvalue weighted by Crippen LogP contribution is -1.99. The van der Waals surface area contributed by atoms with Crippen LogP contribution in [0.4, 0.5) is 0 Å². The van der Waals surface area contributed by atoms with Gasteiger partial charge in [-0.3, -0.25) is 0 Å². The highest BCUT2D eigenvalue weighted by molar-refractivity contribution is 4.77. The molecule has 0 amide bonds. The summed E-state index contributed by atoms with van der Waals surface area (Å²) in [5.41, 5.74) is 5.39. The molecule has 11 heavy (non-hydrogen) atoms. The van der Waals surface area contributed by atoms with Gasteiger partial charge in [-0.15, -0.1) is 6.58 Å². The minimum atomic E-state index is 0.729. The van der Waals surface area contributed by atoms with Gasteiger partial charge < -0.3 is 5.73 Å². The van der Waals surface area contributed by atoms with Gasteiger partial charge in [-0.2, -0.15) is 0 Å². The molecule has 66 valence electrons. The van der Waals surface area contributed by atoms with Crippen LogP contribution >= 0.6 is 0 Å². The summed E-state index contributed by atoms with van der Waals surface area (Å²) in [5, 5.41) is 0. The summed E-state index contributed by atoms with van der Waals surface area (Å²) in [6.45, 7) is 6.86. The third-order valence-electron chi connectivity index (χ3n) is 2.14. The van der Waals surface area contributed by atoms with Crippen molar-refractivity contribution < 1.29 is 0 Å². The van der Waals surface area contributed by atoms with Gasteiger partial charge in [0.25, 0.3) is 0 Å². The zero-order valence-electron chi connectivity index (χ0n) is 7.68. The van der Waals surface area contributed by atoms with E-state index in [0.29, 0.717) is 0 Å². The number of rotatable bonds is 7. The van der Waals surface area contributed by atoms with E-state index in [0.717, 1.165) is 12.5 Å². The summed E-state index contributed by atoms with van der Waals surface area (Å²) in [7, 11) is 0. The molecule has 0 bridgehead atoms. The molecule has 0 aromatic rings. The van der Waals surface area contributed by atoms with Crippen LogP contribution in [0.25, 0.3) is 0 Å². The Morgan fingerprint density at radius 3 is 2.55 bits per heavy atom. The van der Waals surface area contributed by atoms with Gasteiger partial charge in [-0.25, -0.2) is 0 Å². The van der Waals surface area contributed by atoms with Crippen LogP contribution in [0.1, 0.15) is 39.0 Å². The van der Waals surface area contributed by atoms with Crippen LogP contribution in [0.3, 0.4) is 0 Å². The highest BCUT2D eigenvalue weighted by Crippen LogP contribution is 2.13. The van der Waals surface area contributed by atoms with Gasteiger partial charge in [0.2, 0.25) is 0 Å². The summed E-state index contributed by atoms with van der Waals surface area (Å²) in [6, 6.07) is 0. The normalized spacial score (nSPS) is 12.9. The van der Waals surface area contributed by atoms with Crippen LogP contribution in [0.2, 0.25) is 0 Å². The van der Waals surface area contributed by atoms with Gasteiger partial charge >= 0.3 is 0 Å². The number of hydrogen-bond acceptors (Lipinski definition) is 1. The van der Waals surface area contributed by atoms with Gasteiger partial charge in [0.15, 0.2) is 0 Å². The minimum Gasteiger partial charge on any atom is -0.330 e. The summed E-state index contributed by atoms with van der Waals surface area (Å²) < 4.78 is 0. The van der Waals surface area contributed by atoms with Crippen LogP contribution in [-0.4, -0.2) is 6.54 Å². The van der Waals surface area contributed by atoms with Gasteiger partial charge in [0.05, 0.1) is 0 Å². The molecule has 0 fully saturated rings. The van der Waals surface area contributed by atoms with E-state index in [1.54, 1.807) is 0 Å². The van der Waals surface area contributed by atoms with E-state index in [9.17, 15) is 0 Å². The highest BCUT2D eigenvalue weighted by Gasteiger charge is 1.99. The maximum atomic E-state index is 5.39. The molecular formula is C10H21N. The average molecular weight is 155 g/mol. The zero-order valence-corrected chi connectivity index (χ0v) is 7.68. The van der Waals surface area contributed by atoms with Crippen molar-refractivity contribution >= 4 is 0 Å². The molecule has 0 aliphatic heterocycles. The molecule has 2 N–H and O–H groups in total. The zero-order chi connectivity index (χ0) is 8.53. The van der Waals surface area contributed by atoms with E-state index in [2.05, 4.69) is 19.6 Å². The molecule has 0 aliphatic rings. The van der Waals surface area contributed by atoms with Crippen LogP contribution in [-0.2, 0) is 0 Å². The first-order valence-corrected chi connectivity index (χ1v) is 4.67. The highest BCUT2D eigenvalue weighted by atomic mass is 14.5. The molecule has 0 heterocycles. The van der Waals surface area contributed by atoms with E-state index in [1.807, 2.05) is 0 Å². The first-order chi connectivity index (χ1) is 5.35. The van der Waals surface area contributed by atoms with Gasteiger partial charge in [0, 0.05) is 0 Å². The Kier molecular flexibility index (Phi) is 7.59. The quantitative estimate of drug-likeness (QED) is 0.444. The lowest BCUT2D eigenvalue weighted by Gasteiger charge is -2.07. The van der Waals surface area contributed by atoms with Crippen molar-refractivity contribution in [2.45, 2.75) is 39.0 Å². The molecule has 1 unspecified atom stereocenters. The Balaban J connectivity index is 3.14. The number of allylic oxidation sites excluding steroid dienone is 1. The molecule has 0 radical (unpaired) electrons. The Hall–Kier alpha value is -0.300. The van der Waals surface area contributed by atoms with Crippen molar-refractivity contribution in [3.8, 4) is 0 Å². The van der Waals surface area contributed by atoms with Gasteiger partial charge in [-0.1, -0.05) is 25.8 Å². The van der Waals surface area contributed by atoms with Gasteiger partial charge in [-0.05, 0) is 31.7 Å². The van der Waals surface area contributed by atoms with Crippen LogP contribution in [0.5, 0.6) is 0 Å². The fourth-order valence-corrected chi connectivity index (χ4v) is 1.22. The maximum absolute atomic E-state index is 5.39. The van der Waals surface area contributed by atoms with Crippen molar-refractivity contribution in [3.05, 3.63) is 12.7 Å². The topological polar surface area (TPSA) is 26.0 Å². The maximum Gasteiger partial charge on any atom is -0.00773 e. The molecular weight excluding hydrogens is 134 g/mol. The molecule has 0 aliphatic carbocycles. The van der Waals surface area contributed by atoms with Crippen molar-refractivity contribution in [1.82, 2.24) is 0 Å². The minimum absolute atomic E-state index is 0.729. The number of hydrogen-bond donors (Lipinski definition) is 1. The Labute approximate surface area is 70.7 Å². The molecule has 1 nitrogen and oxygen atoms in total. The standard InChI is InChI=1S/C10H21N/c1-3-10(4-2)8-6-5-7-9-11/h3,10H,1,4-9,11H2,2H3. The molecule has 0 saturated heterocycles. The Bertz CT molecular complexity index is 88.9. The first kappa shape index (κ1) is 10.7. The molecule has 1 heteroatoms. The van der Waals surface area contributed by atoms with E-state index in [1.165, 1.54) is 32.1 Å². The van der Waals surface area contributed by atoms with Crippen molar-refractivity contribution in [3.63, 3.8) is 0 Å². The summed E-state index contributed by atoms with van der Waals surface area (Å²) in [4.78, 5) is 0. The fraction of sp³-hybridized carbons (Fsp3) is 0.800. The molecule has 0 saturated carbocycles. The molecule has 0 aromatic heterocycles. The lowest BCUT2D eigenvalue weighted by atomic mass is 9.99.